The second-order valence-corrected chi connectivity index (χ2v) is 5.60. The maximum atomic E-state index is 9.67. The second kappa shape index (κ2) is 9.06. The third-order valence-corrected chi connectivity index (χ3v) is 3.80. The third-order valence-electron chi connectivity index (χ3n) is 3.80. The van der Waals surface area contributed by atoms with Gasteiger partial charge >= 0.3 is 0 Å². The molecule has 0 bridgehead atoms. The van der Waals surface area contributed by atoms with E-state index in [9.17, 15) is 30.6 Å². The highest BCUT2D eigenvalue weighted by Crippen LogP contribution is 2.29. The summed E-state index contributed by atoms with van der Waals surface area (Å²) < 4.78 is 10.5. The Morgan fingerprint density at radius 3 is 2.09 bits per heavy atom. The SMILES string of the molecule is C[C@H](O)C(CO)OC(O[C@H]1C[C@H](O)C(O)CC1CO)C(O)O. The summed E-state index contributed by atoms with van der Waals surface area (Å²) in [5.41, 5.74) is 0. The van der Waals surface area contributed by atoms with Crippen LogP contribution in [0.3, 0.4) is 0 Å². The van der Waals surface area contributed by atoms with Crippen LogP contribution in [0.15, 0.2) is 0 Å². The van der Waals surface area contributed by atoms with Crippen LogP contribution in [0.5, 0.6) is 0 Å². The summed E-state index contributed by atoms with van der Waals surface area (Å²) in [5, 5.41) is 65.7. The van der Waals surface area contributed by atoms with Crippen molar-refractivity contribution < 1.29 is 45.2 Å². The predicted octanol–water partition coefficient (Wildman–Crippen LogP) is -3.11. The van der Waals surface area contributed by atoms with Crippen LogP contribution in [0.4, 0.5) is 0 Å². The first-order valence-electron chi connectivity index (χ1n) is 7.23. The second-order valence-electron chi connectivity index (χ2n) is 5.60. The highest BCUT2D eigenvalue weighted by atomic mass is 16.7. The Bertz CT molecular complexity index is 312. The first-order chi connectivity index (χ1) is 10.3. The number of hydrogen-bond acceptors (Lipinski definition) is 9. The van der Waals surface area contributed by atoms with Gasteiger partial charge in [0.1, 0.15) is 6.10 Å². The van der Waals surface area contributed by atoms with Gasteiger partial charge in [-0.25, -0.2) is 0 Å². The molecule has 0 aromatic heterocycles. The maximum absolute atomic E-state index is 9.67. The van der Waals surface area contributed by atoms with Crippen molar-refractivity contribution in [3.05, 3.63) is 0 Å². The average molecular weight is 326 g/mol. The summed E-state index contributed by atoms with van der Waals surface area (Å²) in [6.07, 6.45) is -8.52. The van der Waals surface area contributed by atoms with E-state index < -0.39 is 55.6 Å². The van der Waals surface area contributed by atoms with Crippen LogP contribution < -0.4 is 0 Å². The zero-order chi connectivity index (χ0) is 16.9. The number of aliphatic hydroxyl groups excluding tert-OH is 6. The molecule has 9 heteroatoms. The minimum Gasteiger partial charge on any atom is -0.396 e. The molecule has 0 saturated heterocycles. The lowest BCUT2D eigenvalue weighted by Gasteiger charge is -2.38. The smallest absolute Gasteiger partial charge is 0.209 e. The topological polar surface area (TPSA) is 160 Å². The van der Waals surface area contributed by atoms with Crippen molar-refractivity contribution in [3.63, 3.8) is 0 Å². The summed E-state index contributed by atoms with van der Waals surface area (Å²) >= 11 is 0. The molecule has 132 valence electrons. The van der Waals surface area contributed by atoms with Gasteiger partial charge in [0.15, 0.2) is 0 Å². The molecule has 0 radical (unpaired) electrons. The van der Waals surface area contributed by atoms with Crippen LogP contribution in [0, 0.1) is 5.92 Å². The quantitative estimate of drug-likeness (QED) is 0.229. The Morgan fingerprint density at radius 1 is 1.05 bits per heavy atom. The van der Waals surface area contributed by atoms with Crippen LogP contribution in [-0.2, 0) is 9.47 Å². The fourth-order valence-electron chi connectivity index (χ4n) is 2.39. The normalized spacial score (nSPS) is 33.7. The zero-order valence-corrected chi connectivity index (χ0v) is 12.4. The molecule has 7 N–H and O–H groups in total. The van der Waals surface area contributed by atoms with Crippen molar-refractivity contribution in [2.45, 2.75) is 62.9 Å². The number of rotatable bonds is 8. The molecule has 0 aliphatic heterocycles. The van der Waals surface area contributed by atoms with Crippen molar-refractivity contribution in [2.75, 3.05) is 13.2 Å². The molecule has 22 heavy (non-hydrogen) atoms. The van der Waals surface area contributed by atoms with Crippen molar-refractivity contribution >= 4 is 0 Å². The third kappa shape index (κ3) is 5.37. The highest BCUT2D eigenvalue weighted by molar-refractivity contribution is 4.86. The Morgan fingerprint density at radius 2 is 1.64 bits per heavy atom. The van der Waals surface area contributed by atoms with E-state index in [1.54, 1.807) is 0 Å². The maximum Gasteiger partial charge on any atom is 0.209 e. The number of ether oxygens (including phenoxy) is 2. The monoisotopic (exact) mass is 326 g/mol. The molecule has 7 atom stereocenters. The first-order valence-corrected chi connectivity index (χ1v) is 7.23. The van der Waals surface area contributed by atoms with E-state index in [1.807, 2.05) is 0 Å². The van der Waals surface area contributed by atoms with Gasteiger partial charge in [-0.3, -0.25) is 0 Å². The van der Waals surface area contributed by atoms with Gasteiger partial charge in [0.25, 0.3) is 0 Å². The molecular formula is C13H26O9. The van der Waals surface area contributed by atoms with Gasteiger partial charge in [0, 0.05) is 18.9 Å². The number of aliphatic hydroxyl groups is 7. The molecule has 0 amide bonds. The lowest BCUT2D eigenvalue weighted by molar-refractivity contribution is -0.305. The summed E-state index contributed by atoms with van der Waals surface area (Å²) in [5.74, 6) is -0.512. The lowest BCUT2D eigenvalue weighted by atomic mass is 9.83. The van der Waals surface area contributed by atoms with E-state index in [0.717, 1.165) is 0 Å². The van der Waals surface area contributed by atoms with Crippen molar-refractivity contribution in [2.24, 2.45) is 5.92 Å². The Balaban J connectivity index is 2.72. The number of hydrogen-bond donors (Lipinski definition) is 7. The van der Waals surface area contributed by atoms with E-state index in [2.05, 4.69) is 0 Å². The Kier molecular flexibility index (Phi) is 8.11. The standard InChI is InChI=1S/C13H26O9/c1-6(16)11(5-15)22-13(12(19)20)21-10-3-9(18)8(17)2-7(10)4-14/h6-20H,2-5H2,1H3/t6-,7?,8?,9-,10-,11?,13?/m0/s1. The van der Waals surface area contributed by atoms with Gasteiger partial charge in [-0.05, 0) is 13.3 Å². The van der Waals surface area contributed by atoms with Gasteiger partial charge < -0.3 is 45.2 Å². The van der Waals surface area contributed by atoms with Gasteiger partial charge in [-0.1, -0.05) is 0 Å². The summed E-state index contributed by atoms with van der Waals surface area (Å²) in [6, 6.07) is 0. The molecule has 0 spiro atoms. The largest absolute Gasteiger partial charge is 0.396 e. The van der Waals surface area contributed by atoms with E-state index in [4.69, 9.17) is 14.6 Å². The van der Waals surface area contributed by atoms with Crippen LogP contribution in [0.25, 0.3) is 0 Å². The zero-order valence-electron chi connectivity index (χ0n) is 12.4. The highest BCUT2D eigenvalue weighted by Gasteiger charge is 2.39. The van der Waals surface area contributed by atoms with Crippen LogP contribution in [0.2, 0.25) is 0 Å². The van der Waals surface area contributed by atoms with E-state index >= 15 is 0 Å². The molecular weight excluding hydrogens is 300 g/mol. The summed E-state index contributed by atoms with van der Waals surface area (Å²) in [4.78, 5) is 0. The lowest BCUT2D eigenvalue weighted by Crippen LogP contribution is -2.49. The van der Waals surface area contributed by atoms with Crippen LogP contribution in [0.1, 0.15) is 19.8 Å². The Hall–Kier alpha value is -0.360. The molecule has 0 heterocycles. The molecule has 1 saturated carbocycles. The fraction of sp³-hybridized carbons (Fsp3) is 1.00. The van der Waals surface area contributed by atoms with Gasteiger partial charge in [-0.15, -0.1) is 0 Å². The molecule has 1 rings (SSSR count). The van der Waals surface area contributed by atoms with Gasteiger partial charge in [0.05, 0.1) is 31.0 Å². The molecule has 1 aliphatic rings. The summed E-state index contributed by atoms with van der Waals surface area (Å²) in [6.45, 7) is 0.487. The minimum absolute atomic E-state index is 0.0164. The van der Waals surface area contributed by atoms with Crippen LogP contribution in [-0.4, -0.2) is 92.1 Å². The predicted molar refractivity (Wildman–Crippen MR) is 72.3 cm³/mol. The van der Waals surface area contributed by atoms with Crippen molar-refractivity contribution in [3.8, 4) is 0 Å². The first kappa shape index (κ1) is 19.7. The van der Waals surface area contributed by atoms with Crippen molar-refractivity contribution in [1.29, 1.82) is 0 Å². The minimum atomic E-state index is -2.05. The average Bonchev–Trinajstić information content (AvgIpc) is 2.45. The molecule has 9 nitrogen and oxygen atoms in total. The fourth-order valence-corrected chi connectivity index (χ4v) is 2.39. The van der Waals surface area contributed by atoms with E-state index in [0.29, 0.717) is 0 Å². The van der Waals surface area contributed by atoms with Crippen molar-refractivity contribution in [1.82, 2.24) is 0 Å². The molecule has 0 aromatic rings. The molecule has 1 aliphatic carbocycles. The van der Waals surface area contributed by atoms with E-state index in [1.165, 1.54) is 6.92 Å². The van der Waals surface area contributed by atoms with Crippen LogP contribution >= 0.6 is 0 Å². The van der Waals surface area contributed by atoms with Gasteiger partial charge in [-0.2, -0.15) is 0 Å². The summed E-state index contributed by atoms with van der Waals surface area (Å²) in [7, 11) is 0. The molecule has 1 fully saturated rings. The molecule has 0 aromatic carbocycles. The molecule has 4 unspecified atom stereocenters. The van der Waals surface area contributed by atoms with E-state index in [-0.39, 0.29) is 19.4 Å². The Labute approximate surface area is 128 Å². The van der Waals surface area contributed by atoms with Gasteiger partial charge in [0.2, 0.25) is 12.6 Å².